The maximum atomic E-state index is 12.4. The van der Waals surface area contributed by atoms with Crippen LogP contribution in [0.5, 0.6) is 0 Å². The molecule has 0 spiro atoms. The van der Waals surface area contributed by atoms with Gasteiger partial charge in [0.05, 0.1) is 7.11 Å². The van der Waals surface area contributed by atoms with E-state index in [1.807, 2.05) is 60.7 Å². The Balaban J connectivity index is 1.87. The molecule has 2 aromatic rings. The van der Waals surface area contributed by atoms with Gasteiger partial charge in [-0.3, -0.25) is 4.79 Å². The van der Waals surface area contributed by atoms with Crippen molar-refractivity contribution in [2.45, 2.75) is 32.0 Å². The summed E-state index contributed by atoms with van der Waals surface area (Å²) in [5, 5.41) is 5.06. The molecule has 0 aliphatic heterocycles. The van der Waals surface area contributed by atoms with E-state index in [0.717, 1.165) is 11.1 Å². The molecule has 0 radical (unpaired) electrons. The number of alkyl carbamates (subject to hydrolysis) is 1. The monoisotopic (exact) mass is 384 g/mol. The van der Waals surface area contributed by atoms with Gasteiger partial charge in [0.15, 0.2) is 0 Å². The van der Waals surface area contributed by atoms with Crippen LogP contribution in [0.2, 0.25) is 0 Å². The fourth-order valence-corrected chi connectivity index (χ4v) is 2.49. The normalized spacial score (nSPS) is 12.4. The third-order valence-corrected chi connectivity index (χ3v) is 4.03. The molecule has 0 aromatic heterocycles. The first kappa shape index (κ1) is 21.0. The molecule has 2 amide bonds. The molecule has 7 heteroatoms. The van der Waals surface area contributed by atoms with Gasteiger partial charge in [0.25, 0.3) is 0 Å². The topological polar surface area (TPSA) is 93.7 Å². The molecule has 2 rings (SSSR count). The van der Waals surface area contributed by atoms with Gasteiger partial charge >= 0.3 is 12.1 Å². The maximum Gasteiger partial charge on any atom is 0.408 e. The van der Waals surface area contributed by atoms with Crippen molar-refractivity contribution >= 4 is 18.0 Å². The molecule has 28 heavy (non-hydrogen) atoms. The molecule has 2 aromatic carbocycles. The number of esters is 1. The van der Waals surface area contributed by atoms with Gasteiger partial charge in [0.2, 0.25) is 5.91 Å². The zero-order valence-electron chi connectivity index (χ0n) is 15.9. The van der Waals surface area contributed by atoms with Gasteiger partial charge in [-0.25, -0.2) is 9.59 Å². The summed E-state index contributed by atoms with van der Waals surface area (Å²) < 4.78 is 9.86. The van der Waals surface area contributed by atoms with Crippen LogP contribution in [0.4, 0.5) is 4.79 Å². The molecular weight excluding hydrogens is 360 g/mol. The smallest absolute Gasteiger partial charge is 0.408 e. The van der Waals surface area contributed by atoms with Crippen molar-refractivity contribution in [1.29, 1.82) is 0 Å². The Labute approximate surface area is 164 Å². The summed E-state index contributed by atoms with van der Waals surface area (Å²) in [5.41, 5.74) is 1.71. The number of carbonyl (C=O) groups excluding carboxylic acids is 3. The van der Waals surface area contributed by atoms with E-state index in [1.165, 1.54) is 14.0 Å². The molecular formula is C21H24N2O5. The minimum absolute atomic E-state index is 0.0970. The Kier molecular flexibility index (Phi) is 8.02. The van der Waals surface area contributed by atoms with Crippen LogP contribution in [0.15, 0.2) is 60.7 Å². The molecule has 2 atom stereocenters. The highest BCUT2D eigenvalue weighted by molar-refractivity contribution is 5.89. The van der Waals surface area contributed by atoms with E-state index >= 15 is 0 Å². The zero-order valence-corrected chi connectivity index (χ0v) is 15.9. The fraction of sp³-hybridized carbons (Fsp3) is 0.286. The Hall–Kier alpha value is -3.35. The van der Waals surface area contributed by atoms with E-state index in [0.29, 0.717) is 0 Å². The number of hydrogen-bond acceptors (Lipinski definition) is 5. The van der Waals surface area contributed by atoms with Crippen molar-refractivity contribution in [3.8, 4) is 0 Å². The molecule has 0 heterocycles. The number of ether oxygens (including phenoxy) is 2. The minimum Gasteiger partial charge on any atom is -0.467 e. The number of carbonyl (C=O) groups is 3. The average molecular weight is 384 g/mol. The van der Waals surface area contributed by atoms with Gasteiger partial charge in [0.1, 0.15) is 18.7 Å². The lowest BCUT2D eigenvalue weighted by molar-refractivity contribution is -0.145. The molecule has 0 unspecified atom stereocenters. The number of hydrogen-bond donors (Lipinski definition) is 2. The number of nitrogens with one attached hydrogen (secondary N) is 2. The third-order valence-electron chi connectivity index (χ3n) is 4.03. The summed E-state index contributed by atoms with van der Waals surface area (Å²) in [6.07, 6.45) is -0.436. The second kappa shape index (κ2) is 10.7. The van der Waals surface area contributed by atoms with Crippen molar-refractivity contribution < 1.29 is 23.9 Å². The largest absolute Gasteiger partial charge is 0.467 e. The predicted octanol–water partition coefficient (Wildman–Crippen LogP) is 2.20. The molecule has 0 aliphatic carbocycles. The van der Waals surface area contributed by atoms with Crippen molar-refractivity contribution in [2.75, 3.05) is 7.11 Å². The highest BCUT2D eigenvalue weighted by atomic mass is 16.5. The summed E-state index contributed by atoms with van der Waals surface area (Å²) in [4.78, 5) is 36.3. The second-order valence-corrected chi connectivity index (χ2v) is 6.20. The van der Waals surface area contributed by atoms with Crippen molar-refractivity contribution in [3.63, 3.8) is 0 Å². The highest BCUT2D eigenvalue weighted by Gasteiger charge is 2.25. The number of amides is 2. The number of benzene rings is 2. The van der Waals surface area contributed by atoms with Crippen LogP contribution in [-0.4, -0.2) is 37.2 Å². The molecule has 2 N–H and O–H groups in total. The average Bonchev–Trinajstić information content (AvgIpc) is 2.72. The van der Waals surface area contributed by atoms with Crippen LogP contribution in [0.1, 0.15) is 18.1 Å². The summed E-state index contributed by atoms with van der Waals surface area (Å²) in [7, 11) is 1.26. The Morgan fingerprint density at radius 3 is 2.04 bits per heavy atom. The molecule has 0 bridgehead atoms. The van der Waals surface area contributed by atoms with Gasteiger partial charge in [-0.15, -0.1) is 0 Å². The van der Waals surface area contributed by atoms with Crippen LogP contribution >= 0.6 is 0 Å². The van der Waals surface area contributed by atoms with E-state index in [4.69, 9.17) is 9.47 Å². The van der Waals surface area contributed by atoms with Crippen molar-refractivity contribution in [3.05, 3.63) is 71.8 Å². The zero-order chi connectivity index (χ0) is 20.4. The van der Waals surface area contributed by atoms with Gasteiger partial charge < -0.3 is 20.1 Å². The molecule has 148 valence electrons. The first-order chi connectivity index (χ1) is 13.5. The van der Waals surface area contributed by atoms with Gasteiger partial charge in [-0.2, -0.15) is 0 Å². The summed E-state index contributed by atoms with van der Waals surface area (Å²) in [6, 6.07) is 16.7. The van der Waals surface area contributed by atoms with Crippen LogP contribution in [0.25, 0.3) is 0 Å². The van der Waals surface area contributed by atoms with Gasteiger partial charge in [-0.05, 0) is 18.1 Å². The quantitative estimate of drug-likeness (QED) is 0.681. The van der Waals surface area contributed by atoms with E-state index in [1.54, 1.807) is 0 Å². The Morgan fingerprint density at radius 1 is 0.893 bits per heavy atom. The molecule has 7 nitrogen and oxygen atoms in total. The Morgan fingerprint density at radius 2 is 1.46 bits per heavy atom. The summed E-state index contributed by atoms with van der Waals surface area (Å²) in [5.74, 6) is -1.07. The van der Waals surface area contributed by atoms with Crippen molar-refractivity contribution in [1.82, 2.24) is 10.6 Å². The first-order valence-electron chi connectivity index (χ1n) is 8.89. The lowest BCUT2D eigenvalue weighted by Gasteiger charge is -2.20. The SMILES string of the molecule is COC(=O)[C@H](Cc1ccccc1)NC(=O)[C@H](C)NC(=O)OCc1ccccc1. The van der Waals surface area contributed by atoms with Crippen LogP contribution in [0.3, 0.4) is 0 Å². The number of methoxy groups -OCH3 is 1. The van der Waals surface area contributed by atoms with E-state index in [2.05, 4.69) is 10.6 Å². The molecule has 0 aliphatic rings. The third kappa shape index (κ3) is 6.75. The molecule has 0 saturated carbocycles. The molecule has 0 fully saturated rings. The van der Waals surface area contributed by atoms with Crippen molar-refractivity contribution in [2.24, 2.45) is 0 Å². The van der Waals surface area contributed by atoms with E-state index in [-0.39, 0.29) is 13.0 Å². The van der Waals surface area contributed by atoms with E-state index < -0.39 is 30.1 Å². The maximum absolute atomic E-state index is 12.4. The highest BCUT2D eigenvalue weighted by Crippen LogP contribution is 2.05. The van der Waals surface area contributed by atoms with Crippen LogP contribution < -0.4 is 10.6 Å². The van der Waals surface area contributed by atoms with Gasteiger partial charge in [0, 0.05) is 6.42 Å². The number of rotatable bonds is 8. The predicted molar refractivity (Wildman–Crippen MR) is 103 cm³/mol. The minimum atomic E-state index is -0.883. The van der Waals surface area contributed by atoms with Crippen LogP contribution in [-0.2, 0) is 32.1 Å². The lowest BCUT2D eigenvalue weighted by atomic mass is 10.1. The van der Waals surface area contributed by atoms with Gasteiger partial charge in [-0.1, -0.05) is 60.7 Å². The lowest BCUT2D eigenvalue weighted by Crippen LogP contribution is -2.51. The van der Waals surface area contributed by atoms with Crippen LogP contribution in [0, 0.1) is 0 Å². The molecule has 0 saturated heterocycles. The summed E-state index contributed by atoms with van der Waals surface area (Å²) in [6.45, 7) is 1.61. The standard InChI is InChI=1S/C21H24N2O5/c1-15(22-21(26)28-14-17-11-7-4-8-12-17)19(24)23-18(20(25)27-2)13-16-9-5-3-6-10-16/h3-12,15,18H,13-14H2,1-2H3,(H,22,26)(H,23,24)/t15-,18-/m0/s1. The Bertz CT molecular complexity index is 780. The first-order valence-corrected chi connectivity index (χ1v) is 8.89. The van der Waals surface area contributed by atoms with E-state index in [9.17, 15) is 14.4 Å². The summed E-state index contributed by atoms with van der Waals surface area (Å²) >= 11 is 0. The fourth-order valence-electron chi connectivity index (χ4n) is 2.49. The second-order valence-electron chi connectivity index (χ2n) is 6.20.